The monoisotopic (exact) mass is 463 g/mol. The Bertz CT molecular complexity index is 1630. The smallest absolute Gasteiger partial charge is 0.331 e. The molecule has 0 spiro atoms. The number of fused-ring (bicyclic) bond motifs is 5. The van der Waals surface area contributed by atoms with Crippen molar-refractivity contribution in [2.75, 3.05) is 5.32 Å². The molecule has 34 heavy (non-hydrogen) atoms. The van der Waals surface area contributed by atoms with Crippen molar-refractivity contribution in [3.05, 3.63) is 78.5 Å². The molecule has 1 N–H and O–H groups in total. The molecule has 0 saturated heterocycles. The number of para-hydroxylation sites is 2. The topological polar surface area (TPSA) is 122 Å². The van der Waals surface area contributed by atoms with E-state index in [9.17, 15) is 19.7 Å². The van der Waals surface area contributed by atoms with Crippen molar-refractivity contribution in [3.63, 3.8) is 0 Å². The van der Waals surface area contributed by atoms with Crippen molar-refractivity contribution in [1.29, 1.82) is 0 Å². The Balaban J connectivity index is 1.95. The zero-order valence-electron chi connectivity index (χ0n) is 19.8. The van der Waals surface area contributed by atoms with E-state index in [1.165, 1.54) is 16.3 Å². The predicted octanol–water partition coefficient (Wildman–Crippen LogP) is 2.48. The van der Waals surface area contributed by atoms with Crippen LogP contribution >= 0.6 is 0 Å². The van der Waals surface area contributed by atoms with E-state index in [-0.39, 0.29) is 5.69 Å². The van der Waals surface area contributed by atoms with Gasteiger partial charge in [0.2, 0.25) is 0 Å². The summed E-state index contributed by atoms with van der Waals surface area (Å²) in [7, 11) is 4.71. The minimum absolute atomic E-state index is 0.0818. The quantitative estimate of drug-likeness (QED) is 0.360. The largest absolute Gasteiger partial charge is 0.370 e. The highest BCUT2D eigenvalue weighted by molar-refractivity contribution is 5.86. The first-order valence-electron chi connectivity index (χ1n) is 10.8. The number of nitrogens with one attached hydrogen (secondary N) is 1. The minimum Gasteiger partial charge on any atom is -0.370 e. The van der Waals surface area contributed by atoms with E-state index in [2.05, 4.69) is 10.4 Å². The van der Waals surface area contributed by atoms with Crippen LogP contribution in [0.2, 0.25) is 0 Å². The summed E-state index contributed by atoms with van der Waals surface area (Å²) < 4.78 is 5.84. The highest BCUT2D eigenvalue weighted by Crippen LogP contribution is 2.44. The summed E-state index contributed by atoms with van der Waals surface area (Å²) >= 11 is 0. The summed E-state index contributed by atoms with van der Waals surface area (Å²) in [6.45, 7) is 5.63. The molecule has 1 atom stereocenters. The SMILES string of the molecule is Cn1nc(C(C)(C)C)c([N+](=O)[O-])c1[C@@H]1Nc2ccccc2-n2cc3c(=O)n(C)c(=O)n(C)c3c21. The van der Waals surface area contributed by atoms with Gasteiger partial charge in [0.15, 0.2) is 0 Å². The van der Waals surface area contributed by atoms with Crippen molar-refractivity contribution in [2.45, 2.75) is 32.2 Å². The first kappa shape index (κ1) is 21.7. The lowest BCUT2D eigenvalue weighted by molar-refractivity contribution is -0.386. The summed E-state index contributed by atoms with van der Waals surface area (Å²) in [5.74, 6) is 0. The highest BCUT2D eigenvalue weighted by Gasteiger charge is 2.41. The molecular weight excluding hydrogens is 438 g/mol. The summed E-state index contributed by atoms with van der Waals surface area (Å²) in [6.07, 6.45) is 1.70. The molecule has 11 heteroatoms. The standard InChI is InChI=1S/C23H25N7O4/c1-23(2,3)20-19(30(33)34)17(28(6)25-20)15-18-16-12(21(31)27(5)22(32)26(16)4)11-29(18)14-10-8-7-9-13(14)24-15/h7-11,15,24H,1-6H3/t15-/m0/s1. The average molecular weight is 463 g/mol. The highest BCUT2D eigenvalue weighted by atomic mass is 16.6. The molecule has 1 aromatic carbocycles. The van der Waals surface area contributed by atoms with Crippen molar-refractivity contribution in [3.8, 4) is 5.69 Å². The number of hydrogen-bond acceptors (Lipinski definition) is 6. The van der Waals surface area contributed by atoms with Gasteiger partial charge < -0.3 is 9.88 Å². The zero-order chi connectivity index (χ0) is 24.7. The Kier molecular flexibility index (Phi) is 4.42. The third kappa shape index (κ3) is 2.79. The molecule has 11 nitrogen and oxygen atoms in total. The van der Waals surface area contributed by atoms with Crippen LogP contribution in [-0.2, 0) is 26.6 Å². The maximum absolute atomic E-state index is 13.0. The summed E-state index contributed by atoms with van der Waals surface area (Å²) in [4.78, 5) is 37.8. The van der Waals surface area contributed by atoms with Gasteiger partial charge in [0, 0.05) is 32.8 Å². The zero-order valence-corrected chi connectivity index (χ0v) is 19.8. The van der Waals surface area contributed by atoms with Gasteiger partial charge >= 0.3 is 11.4 Å². The van der Waals surface area contributed by atoms with Gasteiger partial charge in [-0.05, 0) is 12.1 Å². The van der Waals surface area contributed by atoms with E-state index in [0.29, 0.717) is 28.0 Å². The average Bonchev–Trinajstić information content (AvgIpc) is 3.35. The van der Waals surface area contributed by atoms with E-state index in [4.69, 9.17) is 0 Å². The summed E-state index contributed by atoms with van der Waals surface area (Å²) in [5, 5.41) is 20.6. The van der Waals surface area contributed by atoms with Crippen LogP contribution in [0, 0.1) is 10.1 Å². The maximum Gasteiger partial charge on any atom is 0.331 e. The van der Waals surface area contributed by atoms with E-state index < -0.39 is 27.6 Å². The second-order valence-corrected chi connectivity index (χ2v) is 9.66. The maximum atomic E-state index is 13.0. The minimum atomic E-state index is -0.737. The Morgan fingerprint density at radius 1 is 1.06 bits per heavy atom. The van der Waals surface area contributed by atoms with Gasteiger partial charge in [-0.3, -0.25) is 28.7 Å². The molecule has 3 aromatic heterocycles. The second-order valence-electron chi connectivity index (χ2n) is 9.66. The van der Waals surface area contributed by atoms with Crippen molar-refractivity contribution < 1.29 is 4.92 Å². The fraction of sp³-hybridized carbons (Fsp3) is 0.348. The van der Waals surface area contributed by atoms with E-state index >= 15 is 0 Å². The number of benzene rings is 1. The molecule has 0 fully saturated rings. The number of aryl methyl sites for hydroxylation is 2. The molecule has 0 radical (unpaired) electrons. The van der Waals surface area contributed by atoms with Gasteiger partial charge in [-0.2, -0.15) is 5.10 Å². The molecule has 5 rings (SSSR count). The molecule has 0 bridgehead atoms. The Hall–Kier alpha value is -4.15. The third-order valence-corrected chi connectivity index (χ3v) is 6.43. The van der Waals surface area contributed by atoms with Crippen LogP contribution in [0.3, 0.4) is 0 Å². The summed E-state index contributed by atoms with van der Waals surface area (Å²) in [6, 6.07) is 6.77. The van der Waals surface area contributed by atoms with Crippen LogP contribution in [0.1, 0.15) is 43.9 Å². The lowest BCUT2D eigenvalue weighted by atomic mass is 9.90. The molecule has 1 aliphatic rings. The van der Waals surface area contributed by atoms with Crippen LogP contribution in [-0.4, -0.2) is 28.4 Å². The van der Waals surface area contributed by atoms with E-state index in [1.807, 2.05) is 49.6 Å². The molecular formula is C23H25N7O4. The lowest BCUT2D eigenvalue weighted by Gasteiger charge is -2.29. The fourth-order valence-electron chi connectivity index (χ4n) is 4.85. The number of hydrogen-bond donors (Lipinski definition) is 1. The van der Waals surface area contributed by atoms with E-state index in [1.54, 1.807) is 20.3 Å². The number of nitro groups is 1. The molecule has 4 aromatic rings. The number of rotatable bonds is 2. The van der Waals surface area contributed by atoms with Crippen LogP contribution in [0.15, 0.2) is 40.1 Å². The fourth-order valence-corrected chi connectivity index (χ4v) is 4.85. The molecule has 0 amide bonds. The van der Waals surface area contributed by atoms with Gasteiger partial charge in [0.05, 0.1) is 32.9 Å². The Morgan fingerprint density at radius 2 is 1.74 bits per heavy atom. The number of nitrogens with zero attached hydrogens (tertiary/aromatic N) is 6. The van der Waals surface area contributed by atoms with Crippen LogP contribution in [0.25, 0.3) is 16.6 Å². The third-order valence-electron chi connectivity index (χ3n) is 6.43. The second kappa shape index (κ2) is 6.92. The first-order chi connectivity index (χ1) is 15.9. The molecule has 0 aliphatic carbocycles. The van der Waals surface area contributed by atoms with Gasteiger partial charge in [-0.25, -0.2) is 4.79 Å². The predicted molar refractivity (Wildman–Crippen MR) is 128 cm³/mol. The van der Waals surface area contributed by atoms with Crippen LogP contribution in [0.4, 0.5) is 11.4 Å². The van der Waals surface area contributed by atoms with E-state index in [0.717, 1.165) is 15.9 Å². The van der Waals surface area contributed by atoms with Gasteiger partial charge in [0.1, 0.15) is 17.4 Å². The number of anilines is 1. The van der Waals surface area contributed by atoms with Crippen LogP contribution < -0.4 is 16.6 Å². The van der Waals surface area contributed by atoms with Crippen molar-refractivity contribution in [2.24, 2.45) is 21.1 Å². The molecule has 1 aliphatic heterocycles. The Labute approximate surface area is 194 Å². The van der Waals surface area contributed by atoms with Gasteiger partial charge in [0.25, 0.3) is 5.56 Å². The van der Waals surface area contributed by atoms with Gasteiger partial charge in [-0.15, -0.1) is 0 Å². The Morgan fingerprint density at radius 3 is 2.38 bits per heavy atom. The van der Waals surface area contributed by atoms with Crippen molar-refractivity contribution in [1.82, 2.24) is 23.5 Å². The summed E-state index contributed by atoms with van der Waals surface area (Å²) in [5.41, 5.74) is 1.67. The lowest BCUT2D eigenvalue weighted by Crippen LogP contribution is -2.37. The van der Waals surface area contributed by atoms with Crippen LogP contribution in [0.5, 0.6) is 0 Å². The first-order valence-corrected chi connectivity index (χ1v) is 10.8. The number of aromatic nitrogens is 5. The normalized spacial score (nSPS) is 15.2. The molecule has 0 saturated carbocycles. The molecule has 176 valence electrons. The molecule has 4 heterocycles. The van der Waals surface area contributed by atoms with Crippen molar-refractivity contribution >= 4 is 22.3 Å². The molecule has 0 unspecified atom stereocenters. The van der Waals surface area contributed by atoms with Gasteiger partial charge in [-0.1, -0.05) is 32.9 Å².